The molecule has 1 unspecified atom stereocenters. The molecule has 1 aromatic carbocycles. The van der Waals surface area contributed by atoms with E-state index in [1.54, 1.807) is 18.3 Å². The molecule has 2 aromatic rings. The molecule has 1 fully saturated rings. The summed E-state index contributed by atoms with van der Waals surface area (Å²) in [7, 11) is 0. The Kier molecular flexibility index (Phi) is 4.90. The summed E-state index contributed by atoms with van der Waals surface area (Å²) in [5, 5.41) is 9.70. The molecule has 25 heavy (non-hydrogen) atoms. The second kappa shape index (κ2) is 7.11. The molecule has 1 aromatic heterocycles. The van der Waals surface area contributed by atoms with Crippen molar-refractivity contribution in [3.8, 4) is 0 Å². The van der Waals surface area contributed by atoms with Crippen molar-refractivity contribution in [2.75, 3.05) is 36.8 Å². The number of rotatable bonds is 4. The largest absolute Gasteiger partial charge is 0.480 e. The smallest absolute Gasteiger partial charge is 0.325 e. The van der Waals surface area contributed by atoms with Gasteiger partial charge >= 0.3 is 5.97 Å². The zero-order valence-corrected chi connectivity index (χ0v) is 14.6. The van der Waals surface area contributed by atoms with Crippen LogP contribution in [0.4, 0.5) is 11.5 Å². The highest BCUT2D eigenvalue weighted by Gasteiger charge is 2.30. The fourth-order valence-electron chi connectivity index (χ4n) is 3.39. The first kappa shape index (κ1) is 17.2. The number of carbonyl (C=O) groups is 1. The quantitative estimate of drug-likeness (QED) is 0.888. The number of hydrogen-bond donors (Lipinski definition) is 2. The van der Waals surface area contributed by atoms with Gasteiger partial charge in [0.1, 0.15) is 11.9 Å². The van der Waals surface area contributed by atoms with E-state index in [2.05, 4.69) is 41.9 Å². The van der Waals surface area contributed by atoms with Gasteiger partial charge in [-0.05, 0) is 42.7 Å². The molecule has 2 heterocycles. The first-order valence-corrected chi connectivity index (χ1v) is 8.47. The molecule has 0 bridgehead atoms. The van der Waals surface area contributed by atoms with Gasteiger partial charge in [0.25, 0.3) is 0 Å². The Hall–Kier alpha value is -2.60. The lowest BCUT2D eigenvalue weighted by atomic mass is 10.0. The van der Waals surface area contributed by atoms with E-state index in [0.29, 0.717) is 24.5 Å². The maximum Gasteiger partial charge on any atom is 0.325 e. The van der Waals surface area contributed by atoms with Gasteiger partial charge in [-0.15, -0.1) is 0 Å². The maximum atomic E-state index is 11.8. The number of aryl methyl sites for hydroxylation is 1. The third-order valence-electron chi connectivity index (χ3n) is 4.96. The van der Waals surface area contributed by atoms with Crippen LogP contribution in [0.25, 0.3) is 0 Å². The second-order valence-electron chi connectivity index (χ2n) is 6.50. The number of benzene rings is 1. The number of nitrogens with two attached hydrogens (primary N) is 1. The lowest BCUT2D eigenvalue weighted by Crippen LogP contribution is -2.49. The number of carboxylic acid groups (broad SMARTS) is 1. The van der Waals surface area contributed by atoms with E-state index in [1.807, 2.05) is 4.90 Å². The number of nitrogens with zero attached hydrogens (tertiary/aromatic N) is 3. The van der Waals surface area contributed by atoms with Crippen LogP contribution in [0.1, 0.15) is 22.7 Å². The molecule has 6 heteroatoms. The summed E-state index contributed by atoms with van der Waals surface area (Å²) in [6.45, 7) is 7.23. The lowest BCUT2D eigenvalue weighted by Gasteiger charge is -2.39. The van der Waals surface area contributed by atoms with Gasteiger partial charge in [0.2, 0.25) is 0 Å². The van der Waals surface area contributed by atoms with E-state index in [0.717, 1.165) is 13.1 Å². The van der Waals surface area contributed by atoms with E-state index < -0.39 is 12.0 Å². The molecule has 0 saturated carbocycles. The molecule has 0 aliphatic carbocycles. The van der Waals surface area contributed by atoms with Crippen LogP contribution in [0.2, 0.25) is 0 Å². The normalized spacial score (nSPS) is 16.6. The van der Waals surface area contributed by atoms with Crippen LogP contribution in [-0.4, -0.2) is 47.1 Å². The minimum absolute atomic E-state index is 0.396. The highest BCUT2D eigenvalue weighted by atomic mass is 16.4. The summed E-state index contributed by atoms with van der Waals surface area (Å²) in [6, 6.07) is 9.04. The molecule has 1 saturated heterocycles. The maximum absolute atomic E-state index is 11.8. The molecular formula is C19H24N4O2. The lowest BCUT2D eigenvalue weighted by molar-refractivity contribution is -0.143. The summed E-state index contributed by atoms with van der Waals surface area (Å²) in [5.74, 6) is -0.459. The van der Waals surface area contributed by atoms with Gasteiger partial charge in [-0.25, -0.2) is 4.98 Å². The number of nitrogen functional groups attached to an aromatic ring is 1. The van der Waals surface area contributed by atoms with Crippen LogP contribution >= 0.6 is 0 Å². The molecule has 0 spiro atoms. The van der Waals surface area contributed by atoms with Gasteiger partial charge < -0.3 is 15.7 Å². The Morgan fingerprint density at radius 2 is 1.88 bits per heavy atom. The summed E-state index contributed by atoms with van der Waals surface area (Å²) >= 11 is 0. The van der Waals surface area contributed by atoms with Gasteiger partial charge in [-0.3, -0.25) is 9.69 Å². The van der Waals surface area contributed by atoms with Crippen molar-refractivity contribution in [1.82, 2.24) is 9.88 Å². The standard InChI is InChI=1S/C19H24N4O2/c1-13-4-3-5-16(14(13)2)22-8-10-23(11-9-22)18(19(24)25)15-6-7-17(20)21-12-15/h3-7,12,18H,8-11H2,1-2H3,(H2,20,21)(H,24,25). The fraction of sp³-hybridized carbons (Fsp3) is 0.368. The Morgan fingerprint density at radius 3 is 2.48 bits per heavy atom. The number of aromatic nitrogens is 1. The zero-order chi connectivity index (χ0) is 18.0. The Labute approximate surface area is 147 Å². The molecule has 6 nitrogen and oxygen atoms in total. The van der Waals surface area contributed by atoms with Gasteiger partial charge in [0.05, 0.1) is 0 Å². The third-order valence-corrected chi connectivity index (χ3v) is 4.96. The van der Waals surface area contributed by atoms with E-state index in [9.17, 15) is 9.90 Å². The van der Waals surface area contributed by atoms with E-state index >= 15 is 0 Å². The van der Waals surface area contributed by atoms with Crippen LogP contribution in [0.15, 0.2) is 36.5 Å². The average molecular weight is 340 g/mol. The number of pyridine rings is 1. The van der Waals surface area contributed by atoms with Crippen LogP contribution in [0.5, 0.6) is 0 Å². The third kappa shape index (κ3) is 3.58. The number of aliphatic carboxylic acids is 1. The first-order valence-electron chi connectivity index (χ1n) is 8.47. The van der Waals surface area contributed by atoms with E-state index in [1.165, 1.54) is 16.8 Å². The molecule has 1 aliphatic heterocycles. The van der Waals surface area contributed by atoms with E-state index in [-0.39, 0.29) is 0 Å². The topological polar surface area (TPSA) is 82.7 Å². The Balaban J connectivity index is 1.74. The number of anilines is 2. The Bertz CT molecular complexity index is 753. The predicted molar refractivity (Wildman–Crippen MR) is 98.7 cm³/mol. The Morgan fingerprint density at radius 1 is 1.16 bits per heavy atom. The number of piperazine rings is 1. The molecule has 1 aliphatic rings. The van der Waals surface area contributed by atoms with Crippen molar-refractivity contribution in [3.63, 3.8) is 0 Å². The molecule has 3 N–H and O–H groups in total. The van der Waals surface area contributed by atoms with Crippen molar-refractivity contribution in [2.45, 2.75) is 19.9 Å². The molecule has 132 valence electrons. The number of carboxylic acids is 1. The monoisotopic (exact) mass is 340 g/mol. The van der Waals surface area contributed by atoms with Gasteiger partial charge in [0, 0.05) is 38.1 Å². The molecule has 0 radical (unpaired) electrons. The molecule has 0 amide bonds. The molecule has 3 rings (SSSR count). The summed E-state index contributed by atoms with van der Waals surface area (Å²) in [4.78, 5) is 20.2. The summed E-state index contributed by atoms with van der Waals surface area (Å²) in [6.07, 6.45) is 1.56. The van der Waals surface area contributed by atoms with Crippen molar-refractivity contribution in [3.05, 3.63) is 53.2 Å². The van der Waals surface area contributed by atoms with Crippen molar-refractivity contribution in [2.24, 2.45) is 0 Å². The fourth-order valence-corrected chi connectivity index (χ4v) is 3.39. The SMILES string of the molecule is Cc1cccc(N2CCN(C(C(=O)O)c3ccc(N)nc3)CC2)c1C. The summed E-state index contributed by atoms with van der Waals surface area (Å²) < 4.78 is 0. The van der Waals surface area contributed by atoms with Crippen LogP contribution < -0.4 is 10.6 Å². The van der Waals surface area contributed by atoms with Crippen molar-refractivity contribution in [1.29, 1.82) is 0 Å². The van der Waals surface area contributed by atoms with Gasteiger partial charge in [-0.2, -0.15) is 0 Å². The number of hydrogen-bond acceptors (Lipinski definition) is 5. The minimum Gasteiger partial charge on any atom is -0.480 e. The highest BCUT2D eigenvalue weighted by Crippen LogP contribution is 2.27. The average Bonchev–Trinajstić information content (AvgIpc) is 2.60. The highest BCUT2D eigenvalue weighted by molar-refractivity contribution is 5.75. The molecular weight excluding hydrogens is 316 g/mol. The van der Waals surface area contributed by atoms with E-state index in [4.69, 9.17) is 5.73 Å². The van der Waals surface area contributed by atoms with Crippen LogP contribution in [-0.2, 0) is 4.79 Å². The first-order chi connectivity index (χ1) is 12.0. The van der Waals surface area contributed by atoms with Crippen molar-refractivity contribution < 1.29 is 9.90 Å². The predicted octanol–water partition coefficient (Wildman–Crippen LogP) is 2.23. The second-order valence-corrected chi connectivity index (χ2v) is 6.50. The summed E-state index contributed by atoms with van der Waals surface area (Å²) in [5.41, 5.74) is 10.1. The minimum atomic E-state index is -0.855. The van der Waals surface area contributed by atoms with Crippen molar-refractivity contribution >= 4 is 17.5 Å². The molecule has 1 atom stereocenters. The van der Waals surface area contributed by atoms with Crippen LogP contribution in [0.3, 0.4) is 0 Å². The van der Waals surface area contributed by atoms with Gasteiger partial charge in [-0.1, -0.05) is 18.2 Å². The van der Waals surface area contributed by atoms with Gasteiger partial charge in [0.15, 0.2) is 0 Å². The zero-order valence-electron chi connectivity index (χ0n) is 14.6. The van der Waals surface area contributed by atoms with Crippen LogP contribution in [0, 0.1) is 13.8 Å².